The predicted molar refractivity (Wildman–Crippen MR) is 139 cm³/mol. The molecule has 0 unspecified atom stereocenters. The fourth-order valence-electron chi connectivity index (χ4n) is 3.72. The summed E-state index contributed by atoms with van der Waals surface area (Å²) in [6.45, 7) is 4.34. The van der Waals surface area contributed by atoms with Crippen LogP contribution in [-0.4, -0.2) is 32.5 Å². The standard InChI is InChI=1S/C24H23Cl3N4O2S/c1-2-11-31-23(15-7-9-17(10-8-15)33-16-5-3-4-6-16)29-30-24(31)34-14-22(32)28-21-13-19(26)18(25)12-20(21)27/h2,7-10,12-13,16H,1,3-6,11,14H2,(H,28,32). The molecule has 34 heavy (non-hydrogen) atoms. The molecule has 1 heterocycles. The van der Waals surface area contributed by atoms with Gasteiger partial charge < -0.3 is 10.1 Å². The van der Waals surface area contributed by atoms with Crippen LogP contribution in [0.2, 0.25) is 15.1 Å². The van der Waals surface area contributed by atoms with Crippen molar-refractivity contribution in [3.05, 3.63) is 64.1 Å². The number of hydrogen-bond donors (Lipinski definition) is 1. The van der Waals surface area contributed by atoms with Gasteiger partial charge in [-0.15, -0.1) is 16.8 Å². The van der Waals surface area contributed by atoms with Crippen molar-refractivity contribution in [3.8, 4) is 17.1 Å². The number of aromatic nitrogens is 3. The molecule has 0 atom stereocenters. The zero-order valence-electron chi connectivity index (χ0n) is 18.3. The zero-order valence-corrected chi connectivity index (χ0v) is 21.4. The number of carbonyl (C=O) groups is 1. The number of allylic oxidation sites excluding steroid dienone is 1. The van der Waals surface area contributed by atoms with Gasteiger partial charge in [-0.3, -0.25) is 9.36 Å². The van der Waals surface area contributed by atoms with Crippen molar-refractivity contribution in [2.45, 2.75) is 43.5 Å². The molecule has 1 aliphatic rings. The van der Waals surface area contributed by atoms with Gasteiger partial charge in [-0.2, -0.15) is 0 Å². The average molecular weight is 538 g/mol. The van der Waals surface area contributed by atoms with Crippen LogP contribution in [0.1, 0.15) is 25.7 Å². The van der Waals surface area contributed by atoms with Gasteiger partial charge in [-0.25, -0.2) is 0 Å². The molecule has 0 spiro atoms. The van der Waals surface area contributed by atoms with Gasteiger partial charge in [-0.1, -0.05) is 52.6 Å². The second-order valence-corrected chi connectivity index (χ2v) is 10.0. The first-order valence-electron chi connectivity index (χ1n) is 10.8. The van der Waals surface area contributed by atoms with E-state index >= 15 is 0 Å². The number of nitrogens with one attached hydrogen (secondary N) is 1. The summed E-state index contributed by atoms with van der Waals surface area (Å²) >= 11 is 19.4. The minimum absolute atomic E-state index is 0.111. The maximum Gasteiger partial charge on any atom is 0.234 e. The van der Waals surface area contributed by atoms with E-state index in [0.717, 1.165) is 24.2 Å². The van der Waals surface area contributed by atoms with Gasteiger partial charge in [0, 0.05) is 12.1 Å². The molecule has 1 aliphatic carbocycles. The molecule has 1 saturated carbocycles. The minimum Gasteiger partial charge on any atom is -0.490 e. The Morgan fingerprint density at radius 1 is 1.12 bits per heavy atom. The molecule has 2 aromatic carbocycles. The van der Waals surface area contributed by atoms with Crippen molar-refractivity contribution < 1.29 is 9.53 Å². The first-order valence-corrected chi connectivity index (χ1v) is 12.9. The third kappa shape index (κ3) is 6.08. The Kier molecular flexibility index (Phi) is 8.42. The lowest BCUT2D eigenvalue weighted by atomic mass is 10.2. The minimum atomic E-state index is -0.256. The number of anilines is 1. The number of rotatable bonds is 9. The number of carbonyl (C=O) groups excluding carboxylic acids is 1. The first-order chi connectivity index (χ1) is 16.4. The molecule has 1 aromatic heterocycles. The summed E-state index contributed by atoms with van der Waals surface area (Å²) in [5.41, 5.74) is 1.31. The summed E-state index contributed by atoms with van der Waals surface area (Å²) in [5.74, 6) is 1.41. The Labute approximate surface area is 217 Å². The van der Waals surface area contributed by atoms with Crippen LogP contribution in [0.25, 0.3) is 11.4 Å². The van der Waals surface area contributed by atoms with Crippen LogP contribution in [0.5, 0.6) is 5.75 Å². The van der Waals surface area contributed by atoms with Gasteiger partial charge in [0.2, 0.25) is 5.91 Å². The number of halogens is 3. The fraction of sp³-hybridized carbons (Fsp3) is 0.292. The van der Waals surface area contributed by atoms with Crippen molar-refractivity contribution in [3.63, 3.8) is 0 Å². The third-order valence-electron chi connectivity index (χ3n) is 5.36. The van der Waals surface area contributed by atoms with E-state index in [1.807, 2.05) is 28.8 Å². The van der Waals surface area contributed by atoms with Crippen molar-refractivity contribution in [2.75, 3.05) is 11.1 Å². The van der Waals surface area contributed by atoms with Gasteiger partial charge in [0.05, 0.1) is 32.6 Å². The highest BCUT2D eigenvalue weighted by Gasteiger charge is 2.18. The predicted octanol–water partition coefficient (Wildman–Crippen LogP) is 7.14. The molecule has 4 rings (SSSR count). The normalized spacial score (nSPS) is 13.7. The molecule has 1 fully saturated rings. The van der Waals surface area contributed by atoms with Gasteiger partial charge in [0.1, 0.15) is 5.75 Å². The summed E-state index contributed by atoms with van der Waals surface area (Å²) in [6, 6.07) is 10.9. The molecule has 0 radical (unpaired) electrons. The Bertz CT molecular complexity index is 1180. The van der Waals surface area contributed by atoms with Gasteiger partial charge in [0.15, 0.2) is 11.0 Å². The van der Waals surface area contributed by atoms with Crippen LogP contribution >= 0.6 is 46.6 Å². The van der Waals surface area contributed by atoms with Crippen LogP contribution in [0.4, 0.5) is 5.69 Å². The summed E-state index contributed by atoms with van der Waals surface area (Å²) in [4.78, 5) is 12.5. The van der Waals surface area contributed by atoms with Crippen LogP contribution in [0, 0.1) is 0 Å². The highest BCUT2D eigenvalue weighted by molar-refractivity contribution is 7.99. The summed E-state index contributed by atoms with van der Waals surface area (Å²) in [6.07, 6.45) is 6.76. The van der Waals surface area contributed by atoms with Crippen LogP contribution < -0.4 is 10.1 Å². The van der Waals surface area contributed by atoms with Crippen LogP contribution in [0.15, 0.2) is 54.2 Å². The maximum absolute atomic E-state index is 12.5. The molecule has 3 aromatic rings. The second kappa shape index (κ2) is 11.5. The summed E-state index contributed by atoms with van der Waals surface area (Å²) in [5, 5.41) is 12.9. The lowest BCUT2D eigenvalue weighted by molar-refractivity contribution is -0.113. The van der Waals surface area contributed by atoms with E-state index in [4.69, 9.17) is 39.5 Å². The van der Waals surface area contributed by atoms with Gasteiger partial charge in [-0.05, 0) is 62.1 Å². The topological polar surface area (TPSA) is 69.0 Å². The maximum atomic E-state index is 12.5. The van der Waals surface area contributed by atoms with E-state index in [2.05, 4.69) is 22.1 Å². The highest BCUT2D eigenvalue weighted by Crippen LogP contribution is 2.33. The van der Waals surface area contributed by atoms with E-state index in [1.165, 1.54) is 36.7 Å². The summed E-state index contributed by atoms with van der Waals surface area (Å²) in [7, 11) is 0. The van der Waals surface area contributed by atoms with Crippen molar-refractivity contribution in [1.29, 1.82) is 0 Å². The largest absolute Gasteiger partial charge is 0.490 e. The Morgan fingerprint density at radius 3 is 2.53 bits per heavy atom. The lowest BCUT2D eigenvalue weighted by Gasteiger charge is -2.13. The molecule has 1 amide bonds. The Morgan fingerprint density at radius 2 is 1.82 bits per heavy atom. The fourth-order valence-corrected chi connectivity index (χ4v) is 5.06. The van der Waals surface area contributed by atoms with Crippen molar-refractivity contribution in [1.82, 2.24) is 14.8 Å². The Balaban J connectivity index is 1.43. The van der Waals surface area contributed by atoms with E-state index < -0.39 is 0 Å². The molecule has 178 valence electrons. The van der Waals surface area contributed by atoms with E-state index in [-0.39, 0.29) is 11.7 Å². The Hall–Kier alpha value is -2.19. The number of nitrogens with zero attached hydrogens (tertiary/aromatic N) is 3. The number of benzene rings is 2. The van der Waals surface area contributed by atoms with Crippen LogP contribution in [-0.2, 0) is 11.3 Å². The number of ether oxygens (including phenoxy) is 1. The van der Waals surface area contributed by atoms with E-state index in [9.17, 15) is 4.79 Å². The van der Waals surface area contributed by atoms with Crippen LogP contribution in [0.3, 0.4) is 0 Å². The summed E-state index contributed by atoms with van der Waals surface area (Å²) < 4.78 is 7.97. The molecule has 0 bridgehead atoms. The quantitative estimate of drug-likeness (QED) is 0.178. The molecular formula is C24H23Cl3N4O2S. The van der Waals surface area contributed by atoms with Crippen molar-refractivity contribution >= 4 is 58.2 Å². The zero-order chi connectivity index (χ0) is 24.1. The highest BCUT2D eigenvalue weighted by atomic mass is 35.5. The molecule has 10 heteroatoms. The number of thioether (sulfide) groups is 1. The molecule has 6 nitrogen and oxygen atoms in total. The number of hydrogen-bond acceptors (Lipinski definition) is 5. The van der Waals surface area contributed by atoms with Crippen molar-refractivity contribution in [2.24, 2.45) is 0 Å². The smallest absolute Gasteiger partial charge is 0.234 e. The average Bonchev–Trinajstić information content (AvgIpc) is 3.47. The second-order valence-electron chi connectivity index (χ2n) is 7.84. The number of amides is 1. The van der Waals surface area contributed by atoms with Gasteiger partial charge >= 0.3 is 0 Å². The molecule has 0 saturated heterocycles. The first kappa shape index (κ1) is 24.9. The molecular weight excluding hydrogens is 515 g/mol. The van der Waals surface area contributed by atoms with E-state index in [1.54, 1.807) is 6.08 Å². The van der Waals surface area contributed by atoms with Gasteiger partial charge in [0.25, 0.3) is 0 Å². The third-order valence-corrected chi connectivity index (χ3v) is 7.36. The van der Waals surface area contributed by atoms with E-state index in [0.29, 0.717) is 44.4 Å². The molecule has 1 N–H and O–H groups in total. The molecule has 0 aliphatic heterocycles. The SMILES string of the molecule is C=CCn1c(SCC(=O)Nc2cc(Cl)c(Cl)cc2Cl)nnc1-c1ccc(OC2CCCC2)cc1. The monoisotopic (exact) mass is 536 g/mol. The lowest BCUT2D eigenvalue weighted by Crippen LogP contribution is -2.15.